The van der Waals surface area contributed by atoms with E-state index in [0.29, 0.717) is 6.42 Å². The zero-order chi connectivity index (χ0) is 14.0. The van der Waals surface area contributed by atoms with Crippen LogP contribution in [0.4, 0.5) is 4.79 Å². The van der Waals surface area contributed by atoms with Gasteiger partial charge in [0.15, 0.2) is 0 Å². The van der Waals surface area contributed by atoms with Crippen LogP contribution in [-0.4, -0.2) is 16.8 Å². The van der Waals surface area contributed by atoms with Crippen LogP contribution in [0.2, 0.25) is 0 Å². The molecule has 2 N–H and O–H groups in total. The molecule has 2 rings (SSSR count). The number of carbonyl (C=O) groups excluding carboxylic acids is 1. The van der Waals surface area contributed by atoms with E-state index < -0.39 is 17.8 Å². The molecule has 2 atom stereocenters. The van der Waals surface area contributed by atoms with Gasteiger partial charge in [0.1, 0.15) is 5.60 Å². The fourth-order valence-corrected chi connectivity index (χ4v) is 2.37. The van der Waals surface area contributed by atoms with E-state index in [4.69, 9.17) is 4.74 Å². The molecular weight excluding hydrogens is 242 g/mol. The van der Waals surface area contributed by atoms with Crippen molar-refractivity contribution in [3.8, 4) is 0 Å². The number of carbonyl (C=O) groups is 1. The molecular formula is C15H21NO3. The third-order valence-electron chi connectivity index (χ3n) is 3.15. The summed E-state index contributed by atoms with van der Waals surface area (Å²) in [7, 11) is 0. The molecule has 0 bridgehead atoms. The summed E-state index contributed by atoms with van der Waals surface area (Å²) in [4.78, 5) is 11.8. The summed E-state index contributed by atoms with van der Waals surface area (Å²) in [6.45, 7) is 5.52. The van der Waals surface area contributed by atoms with Gasteiger partial charge in [0, 0.05) is 0 Å². The van der Waals surface area contributed by atoms with Crippen LogP contribution in [0.5, 0.6) is 0 Å². The summed E-state index contributed by atoms with van der Waals surface area (Å²) in [5.74, 6) is 0. The van der Waals surface area contributed by atoms with Crippen LogP contribution in [0.15, 0.2) is 24.3 Å². The van der Waals surface area contributed by atoms with Gasteiger partial charge in [0.05, 0.1) is 12.1 Å². The molecule has 2 unspecified atom stereocenters. The predicted octanol–water partition coefficient (Wildman–Crippen LogP) is 3.08. The van der Waals surface area contributed by atoms with Gasteiger partial charge in [-0.05, 0) is 44.7 Å². The standard InChI is InChI=1S/C15H21NO3/c1-15(2,3)19-14(18)16-12-8-9-13(17)11-7-5-4-6-10(11)12/h4-7,12-13,17H,8-9H2,1-3H3,(H,16,18). The molecule has 19 heavy (non-hydrogen) atoms. The maximum absolute atomic E-state index is 11.8. The molecule has 1 amide bonds. The molecule has 0 saturated carbocycles. The molecule has 1 aliphatic carbocycles. The van der Waals surface area contributed by atoms with E-state index in [1.807, 2.05) is 45.0 Å². The molecule has 4 heteroatoms. The molecule has 104 valence electrons. The van der Waals surface area contributed by atoms with E-state index in [2.05, 4.69) is 5.32 Å². The Bertz CT molecular complexity index is 465. The molecule has 0 heterocycles. The molecule has 0 radical (unpaired) electrons. The molecule has 0 aromatic heterocycles. The number of fused-ring (bicyclic) bond motifs is 1. The number of rotatable bonds is 1. The minimum absolute atomic E-state index is 0.0885. The first kappa shape index (κ1) is 13.9. The molecule has 1 aromatic rings. The maximum atomic E-state index is 11.8. The molecule has 0 spiro atoms. The van der Waals surface area contributed by atoms with Crippen molar-refractivity contribution >= 4 is 6.09 Å². The van der Waals surface area contributed by atoms with Crippen LogP contribution in [0.3, 0.4) is 0 Å². The normalized spacial score (nSPS) is 22.5. The fraction of sp³-hybridized carbons (Fsp3) is 0.533. The first-order valence-electron chi connectivity index (χ1n) is 6.63. The van der Waals surface area contributed by atoms with Crippen molar-refractivity contribution in [2.24, 2.45) is 0 Å². The lowest BCUT2D eigenvalue weighted by atomic mass is 9.86. The second kappa shape index (κ2) is 5.21. The van der Waals surface area contributed by atoms with Crippen LogP contribution >= 0.6 is 0 Å². The lowest BCUT2D eigenvalue weighted by molar-refractivity contribution is 0.0485. The number of benzene rings is 1. The van der Waals surface area contributed by atoms with Crippen LogP contribution in [-0.2, 0) is 4.74 Å². The van der Waals surface area contributed by atoms with Crippen molar-refractivity contribution < 1.29 is 14.6 Å². The first-order chi connectivity index (χ1) is 8.87. The Morgan fingerprint density at radius 3 is 2.53 bits per heavy atom. The Morgan fingerprint density at radius 1 is 1.26 bits per heavy atom. The Balaban J connectivity index is 2.11. The van der Waals surface area contributed by atoms with Crippen molar-refractivity contribution in [3.05, 3.63) is 35.4 Å². The van der Waals surface area contributed by atoms with E-state index in [1.54, 1.807) is 0 Å². The summed E-state index contributed by atoms with van der Waals surface area (Å²) < 4.78 is 5.27. The first-order valence-corrected chi connectivity index (χ1v) is 6.63. The van der Waals surface area contributed by atoms with Crippen molar-refractivity contribution in [1.29, 1.82) is 0 Å². The second-order valence-corrected chi connectivity index (χ2v) is 5.92. The number of aliphatic hydroxyl groups excluding tert-OH is 1. The topological polar surface area (TPSA) is 58.6 Å². The molecule has 0 fully saturated rings. The van der Waals surface area contributed by atoms with Gasteiger partial charge in [-0.15, -0.1) is 0 Å². The monoisotopic (exact) mass is 263 g/mol. The van der Waals surface area contributed by atoms with Gasteiger partial charge in [0.2, 0.25) is 0 Å². The van der Waals surface area contributed by atoms with E-state index in [-0.39, 0.29) is 6.04 Å². The lowest BCUT2D eigenvalue weighted by Crippen LogP contribution is -2.36. The van der Waals surface area contributed by atoms with E-state index in [1.165, 1.54) is 0 Å². The second-order valence-electron chi connectivity index (χ2n) is 5.92. The quantitative estimate of drug-likeness (QED) is 0.818. The van der Waals surface area contributed by atoms with Crippen LogP contribution in [0, 0.1) is 0 Å². The Labute approximate surface area is 113 Å². The highest BCUT2D eigenvalue weighted by molar-refractivity contribution is 5.68. The van der Waals surface area contributed by atoms with Crippen LogP contribution in [0.1, 0.15) is 56.9 Å². The zero-order valence-corrected chi connectivity index (χ0v) is 11.6. The average Bonchev–Trinajstić information content (AvgIpc) is 2.31. The molecule has 0 saturated heterocycles. The smallest absolute Gasteiger partial charge is 0.408 e. The molecule has 0 aliphatic heterocycles. The summed E-state index contributed by atoms with van der Waals surface area (Å²) in [6, 6.07) is 7.58. The average molecular weight is 263 g/mol. The minimum Gasteiger partial charge on any atom is -0.444 e. The molecule has 1 aromatic carbocycles. The number of aliphatic hydroxyl groups is 1. The highest BCUT2D eigenvalue weighted by Crippen LogP contribution is 2.35. The summed E-state index contributed by atoms with van der Waals surface area (Å²) >= 11 is 0. The highest BCUT2D eigenvalue weighted by Gasteiger charge is 2.28. The number of nitrogens with one attached hydrogen (secondary N) is 1. The van der Waals surface area contributed by atoms with Gasteiger partial charge in [-0.3, -0.25) is 0 Å². The van der Waals surface area contributed by atoms with E-state index >= 15 is 0 Å². The summed E-state index contributed by atoms with van der Waals surface area (Å²) in [5.41, 5.74) is 1.37. The third-order valence-corrected chi connectivity index (χ3v) is 3.15. The van der Waals surface area contributed by atoms with Crippen LogP contribution in [0.25, 0.3) is 0 Å². The van der Waals surface area contributed by atoms with Crippen LogP contribution < -0.4 is 5.32 Å². The Morgan fingerprint density at radius 2 is 1.89 bits per heavy atom. The van der Waals surface area contributed by atoms with Gasteiger partial charge in [-0.2, -0.15) is 0 Å². The summed E-state index contributed by atoms with van der Waals surface area (Å²) in [5, 5.41) is 12.8. The predicted molar refractivity (Wildman–Crippen MR) is 72.7 cm³/mol. The summed E-state index contributed by atoms with van der Waals surface area (Å²) in [6.07, 6.45) is 0.520. The SMILES string of the molecule is CC(C)(C)OC(=O)NC1CCC(O)c2ccccc21. The number of amides is 1. The van der Waals surface area contributed by atoms with Gasteiger partial charge >= 0.3 is 6.09 Å². The van der Waals surface area contributed by atoms with Gasteiger partial charge in [-0.25, -0.2) is 4.79 Å². The van der Waals surface area contributed by atoms with Gasteiger partial charge < -0.3 is 15.2 Å². The number of ether oxygens (including phenoxy) is 1. The number of hydrogen-bond acceptors (Lipinski definition) is 3. The van der Waals surface area contributed by atoms with Crippen molar-refractivity contribution in [1.82, 2.24) is 5.32 Å². The maximum Gasteiger partial charge on any atom is 0.408 e. The fourth-order valence-electron chi connectivity index (χ4n) is 2.37. The van der Waals surface area contributed by atoms with E-state index in [9.17, 15) is 9.90 Å². The van der Waals surface area contributed by atoms with Crippen molar-refractivity contribution in [3.63, 3.8) is 0 Å². The third kappa shape index (κ3) is 3.47. The minimum atomic E-state index is -0.502. The number of alkyl carbamates (subject to hydrolysis) is 1. The molecule has 4 nitrogen and oxygen atoms in total. The zero-order valence-electron chi connectivity index (χ0n) is 11.6. The largest absolute Gasteiger partial charge is 0.444 e. The molecule has 1 aliphatic rings. The van der Waals surface area contributed by atoms with E-state index in [0.717, 1.165) is 17.5 Å². The number of hydrogen-bond donors (Lipinski definition) is 2. The van der Waals surface area contributed by atoms with Crippen molar-refractivity contribution in [2.45, 2.75) is 51.4 Å². The lowest BCUT2D eigenvalue weighted by Gasteiger charge is -2.30. The highest BCUT2D eigenvalue weighted by atomic mass is 16.6. The Kier molecular flexibility index (Phi) is 3.80. The van der Waals surface area contributed by atoms with Crippen molar-refractivity contribution in [2.75, 3.05) is 0 Å². The van der Waals surface area contributed by atoms with Gasteiger partial charge in [-0.1, -0.05) is 24.3 Å². The Hall–Kier alpha value is -1.55. The van der Waals surface area contributed by atoms with Gasteiger partial charge in [0.25, 0.3) is 0 Å².